The lowest BCUT2D eigenvalue weighted by Gasteiger charge is -2.32. The molecule has 3 rings (SSSR count). The van der Waals surface area contributed by atoms with Gasteiger partial charge in [-0.2, -0.15) is 0 Å². The lowest BCUT2D eigenvalue weighted by molar-refractivity contribution is 0.0671. The van der Waals surface area contributed by atoms with Crippen molar-refractivity contribution in [3.63, 3.8) is 0 Å². The van der Waals surface area contributed by atoms with Crippen LogP contribution < -0.4 is 19.5 Å². The maximum Gasteiger partial charge on any atom is 0.254 e. The van der Waals surface area contributed by atoms with Crippen molar-refractivity contribution in [2.75, 3.05) is 47.1 Å². The van der Waals surface area contributed by atoms with E-state index in [1.165, 1.54) is 0 Å². The molecule has 9 nitrogen and oxygen atoms in total. The van der Waals surface area contributed by atoms with Crippen LogP contribution in [0.3, 0.4) is 0 Å². The second kappa shape index (κ2) is 13.8. The zero-order valence-corrected chi connectivity index (χ0v) is 22.9. The molecule has 2 N–H and O–H groups in total. The normalized spacial score (nSPS) is 17.6. The van der Waals surface area contributed by atoms with Gasteiger partial charge in [0.2, 0.25) is 10.0 Å². The number of methoxy groups -OCH3 is 2. The molecule has 1 fully saturated rings. The topological polar surface area (TPSA) is 106 Å². The third-order valence-electron chi connectivity index (χ3n) is 6.35. The second-order valence-corrected chi connectivity index (χ2v) is 11.3. The molecule has 0 aliphatic carbocycles. The van der Waals surface area contributed by atoms with E-state index >= 15 is 0 Å². The van der Waals surface area contributed by atoms with Gasteiger partial charge < -0.3 is 24.4 Å². The van der Waals surface area contributed by atoms with E-state index in [-0.39, 0.29) is 29.7 Å². The molecule has 0 radical (unpaired) electrons. The molecular formula is C27H39N3O6S. The van der Waals surface area contributed by atoms with Crippen molar-refractivity contribution in [3.8, 4) is 11.5 Å². The first-order chi connectivity index (χ1) is 17.7. The number of benzene rings is 2. The predicted octanol–water partition coefficient (Wildman–Crippen LogP) is 2.67. The third-order valence-corrected chi connectivity index (χ3v) is 7.72. The molecule has 1 amide bonds. The Hall–Kier alpha value is -2.66. The molecule has 1 saturated heterocycles. The average molecular weight is 534 g/mol. The molecule has 0 saturated carbocycles. The molecule has 1 aliphatic rings. The Morgan fingerprint density at radius 1 is 1.08 bits per heavy atom. The summed E-state index contributed by atoms with van der Waals surface area (Å²) >= 11 is 0. The summed E-state index contributed by atoms with van der Waals surface area (Å²) in [6, 6.07) is 13.9. The van der Waals surface area contributed by atoms with Crippen LogP contribution in [0.1, 0.15) is 36.2 Å². The van der Waals surface area contributed by atoms with Gasteiger partial charge in [-0.1, -0.05) is 30.3 Å². The number of nitrogens with zero attached hydrogens (tertiary/aromatic N) is 1. The quantitative estimate of drug-likeness (QED) is 0.360. The predicted molar refractivity (Wildman–Crippen MR) is 144 cm³/mol. The van der Waals surface area contributed by atoms with Crippen molar-refractivity contribution in [1.29, 1.82) is 0 Å². The highest BCUT2D eigenvalue weighted by molar-refractivity contribution is 7.88. The molecular weight excluding hydrogens is 494 g/mol. The Kier molecular flexibility index (Phi) is 10.7. The second-order valence-electron chi connectivity index (χ2n) is 9.50. The van der Waals surface area contributed by atoms with Gasteiger partial charge in [-0.25, -0.2) is 13.1 Å². The summed E-state index contributed by atoms with van der Waals surface area (Å²) in [7, 11) is -0.340. The van der Waals surface area contributed by atoms with Crippen molar-refractivity contribution < 1.29 is 27.4 Å². The highest BCUT2D eigenvalue weighted by Gasteiger charge is 2.34. The largest absolute Gasteiger partial charge is 0.493 e. The molecule has 204 valence electrons. The van der Waals surface area contributed by atoms with E-state index in [4.69, 9.17) is 14.2 Å². The van der Waals surface area contributed by atoms with Gasteiger partial charge in [0.15, 0.2) is 11.5 Å². The Morgan fingerprint density at radius 2 is 1.84 bits per heavy atom. The first-order valence-electron chi connectivity index (χ1n) is 12.6. The fourth-order valence-corrected chi connectivity index (χ4v) is 5.84. The molecule has 2 aromatic carbocycles. The number of amides is 1. The van der Waals surface area contributed by atoms with Crippen LogP contribution in [-0.2, 0) is 20.5 Å². The van der Waals surface area contributed by atoms with Crippen LogP contribution in [0.4, 0.5) is 0 Å². The molecule has 10 heteroatoms. The first-order valence-corrected chi connectivity index (χ1v) is 14.2. The van der Waals surface area contributed by atoms with E-state index in [9.17, 15) is 13.2 Å². The van der Waals surface area contributed by atoms with Gasteiger partial charge in [-0.15, -0.1) is 0 Å². The molecule has 2 atom stereocenters. The van der Waals surface area contributed by atoms with Crippen molar-refractivity contribution in [2.45, 2.75) is 38.1 Å². The zero-order chi connectivity index (χ0) is 26.8. The smallest absolute Gasteiger partial charge is 0.254 e. The Balaban J connectivity index is 1.70. The summed E-state index contributed by atoms with van der Waals surface area (Å²) < 4.78 is 44.9. The van der Waals surface area contributed by atoms with E-state index in [1.54, 1.807) is 49.5 Å². The maximum absolute atomic E-state index is 13.6. The lowest BCUT2D eigenvalue weighted by Crippen LogP contribution is -2.47. The summed E-state index contributed by atoms with van der Waals surface area (Å²) in [5.74, 6) is 0.764. The Morgan fingerprint density at radius 3 is 2.51 bits per heavy atom. The van der Waals surface area contributed by atoms with Crippen molar-refractivity contribution in [2.24, 2.45) is 5.92 Å². The highest BCUT2D eigenvalue weighted by Crippen LogP contribution is 2.29. The number of hydrogen-bond donors (Lipinski definition) is 2. The van der Waals surface area contributed by atoms with Crippen molar-refractivity contribution in [3.05, 3.63) is 59.7 Å². The summed E-state index contributed by atoms with van der Waals surface area (Å²) in [5, 5.41) is 3.28. The standard InChI is InChI=1S/C27H39N3O6S/c1-20(2)30(27(31)22-11-12-25(35-4)26(15-22)36-14-8-13-34-3)18-23-16-28-17-24(23)29-37(32,33)19-21-9-6-5-7-10-21/h5-7,9-12,15,20,23-24,28-29H,8,13-14,16-19H2,1-4H3/t23-,24+/m1/s1. The van der Waals surface area contributed by atoms with Gasteiger partial charge in [0.1, 0.15) is 0 Å². The molecule has 1 heterocycles. The number of rotatable bonds is 14. The number of ether oxygens (including phenoxy) is 3. The van der Waals surface area contributed by atoms with E-state index in [2.05, 4.69) is 10.0 Å². The van der Waals surface area contributed by atoms with Crippen LogP contribution in [0.2, 0.25) is 0 Å². The van der Waals surface area contributed by atoms with Crippen molar-refractivity contribution >= 4 is 15.9 Å². The van der Waals surface area contributed by atoms with E-state index in [1.807, 2.05) is 32.0 Å². The Labute approximate surface area is 220 Å². The number of sulfonamides is 1. The minimum absolute atomic E-state index is 0.0695. The summed E-state index contributed by atoms with van der Waals surface area (Å²) in [5.41, 5.74) is 1.22. The molecule has 1 aliphatic heterocycles. The van der Waals surface area contributed by atoms with Gasteiger partial charge in [-0.3, -0.25) is 4.79 Å². The maximum atomic E-state index is 13.6. The van der Waals surface area contributed by atoms with E-state index in [0.29, 0.717) is 56.3 Å². The third kappa shape index (κ3) is 8.43. The fourth-order valence-electron chi connectivity index (χ4n) is 4.38. The number of carbonyl (C=O) groups is 1. The van der Waals surface area contributed by atoms with Crippen LogP contribution >= 0.6 is 0 Å². The number of nitrogens with one attached hydrogen (secondary N) is 2. The average Bonchev–Trinajstić information content (AvgIpc) is 3.30. The zero-order valence-electron chi connectivity index (χ0n) is 22.1. The van der Waals surface area contributed by atoms with Crippen LogP contribution in [-0.4, -0.2) is 78.4 Å². The summed E-state index contributed by atoms with van der Waals surface area (Å²) in [4.78, 5) is 15.4. The van der Waals surface area contributed by atoms with Crippen LogP contribution in [0.15, 0.2) is 48.5 Å². The van der Waals surface area contributed by atoms with Crippen molar-refractivity contribution in [1.82, 2.24) is 14.9 Å². The van der Waals surface area contributed by atoms with Gasteiger partial charge in [-0.05, 0) is 37.6 Å². The van der Waals surface area contributed by atoms with E-state index in [0.717, 1.165) is 5.56 Å². The SMILES string of the molecule is COCCCOc1cc(C(=O)N(C[C@H]2CNC[C@@H]2NS(=O)(=O)Cc2ccccc2)C(C)C)ccc1OC. The molecule has 2 aromatic rings. The van der Waals surface area contributed by atoms with Crippen LogP contribution in [0, 0.1) is 5.92 Å². The summed E-state index contributed by atoms with van der Waals surface area (Å²) in [6.45, 7) is 6.48. The molecule has 0 bridgehead atoms. The Bertz CT molecular complexity index is 1110. The monoisotopic (exact) mass is 533 g/mol. The minimum atomic E-state index is -3.54. The number of hydrogen-bond acceptors (Lipinski definition) is 7. The fraction of sp³-hybridized carbons (Fsp3) is 0.519. The molecule has 0 aromatic heterocycles. The van der Waals surface area contributed by atoms with E-state index < -0.39 is 10.0 Å². The van der Waals surface area contributed by atoms with Crippen LogP contribution in [0.25, 0.3) is 0 Å². The van der Waals surface area contributed by atoms with Gasteiger partial charge in [0, 0.05) is 63.3 Å². The highest BCUT2D eigenvalue weighted by atomic mass is 32.2. The molecule has 0 unspecified atom stereocenters. The summed E-state index contributed by atoms with van der Waals surface area (Å²) in [6.07, 6.45) is 0.714. The lowest BCUT2D eigenvalue weighted by atomic mass is 10.0. The van der Waals surface area contributed by atoms with Crippen LogP contribution in [0.5, 0.6) is 11.5 Å². The molecule has 37 heavy (non-hydrogen) atoms. The number of carbonyl (C=O) groups excluding carboxylic acids is 1. The minimum Gasteiger partial charge on any atom is -0.493 e. The van der Waals surface area contributed by atoms with Gasteiger partial charge in [0.05, 0.1) is 19.5 Å². The van der Waals surface area contributed by atoms with Gasteiger partial charge >= 0.3 is 0 Å². The molecule has 0 spiro atoms. The first kappa shape index (κ1) is 28.9. The van der Waals surface area contributed by atoms with Gasteiger partial charge in [0.25, 0.3) is 5.91 Å².